The van der Waals surface area contributed by atoms with E-state index >= 15 is 0 Å². The third-order valence-electron chi connectivity index (χ3n) is 6.59. The van der Waals surface area contributed by atoms with Crippen LogP contribution in [0, 0.1) is 40.2 Å². The van der Waals surface area contributed by atoms with Crippen molar-refractivity contribution in [3.8, 4) is 6.07 Å². The predicted molar refractivity (Wildman–Crippen MR) is 99.3 cm³/mol. The first kappa shape index (κ1) is 18.0. The second-order valence-corrected chi connectivity index (χ2v) is 8.43. The van der Waals surface area contributed by atoms with E-state index in [2.05, 4.69) is 16.2 Å². The van der Waals surface area contributed by atoms with Gasteiger partial charge in [0.05, 0.1) is 18.6 Å². The van der Waals surface area contributed by atoms with E-state index in [1.165, 1.54) is 17.1 Å². The average molecular weight is 395 g/mol. The highest BCUT2D eigenvalue weighted by Crippen LogP contribution is 2.63. The van der Waals surface area contributed by atoms with Gasteiger partial charge in [0.1, 0.15) is 23.4 Å². The Morgan fingerprint density at radius 3 is 2.72 bits per heavy atom. The van der Waals surface area contributed by atoms with Crippen molar-refractivity contribution in [1.29, 1.82) is 5.26 Å². The summed E-state index contributed by atoms with van der Waals surface area (Å²) in [7, 11) is 0. The van der Waals surface area contributed by atoms with Gasteiger partial charge in [0.25, 0.3) is 0 Å². The summed E-state index contributed by atoms with van der Waals surface area (Å²) in [5.41, 5.74) is 0.946. The van der Waals surface area contributed by atoms with Crippen LogP contribution in [0.25, 0.3) is 0 Å². The Labute approximate surface area is 166 Å². The molecule has 2 aromatic rings. The zero-order chi connectivity index (χ0) is 20.2. The van der Waals surface area contributed by atoms with E-state index in [9.17, 15) is 18.8 Å². The highest BCUT2D eigenvalue weighted by atomic mass is 19.1. The molecular formula is C21H19F2N5O. The normalized spacial score (nSPS) is 29.7. The van der Waals surface area contributed by atoms with Crippen molar-refractivity contribution in [2.75, 3.05) is 0 Å². The molecule has 148 valence electrons. The molecule has 2 atom stereocenters. The maximum atomic E-state index is 13.7. The van der Waals surface area contributed by atoms with E-state index in [1.807, 2.05) is 4.57 Å². The van der Waals surface area contributed by atoms with E-state index in [0.717, 1.165) is 25.3 Å². The maximum Gasteiger partial charge on any atom is 0.246 e. The van der Waals surface area contributed by atoms with E-state index in [0.29, 0.717) is 24.2 Å². The van der Waals surface area contributed by atoms with Gasteiger partial charge in [-0.05, 0) is 48.3 Å². The third-order valence-corrected chi connectivity index (χ3v) is 6.59. The molecule has 2 heterocycles. The van der Waals surface area contributed by atoms with E-state index < -0.39 is 17.7 Å². The Morgan fingerprint density at radius 2 is 2.00 bits per heavy atom. The van der Waals surface area contributed by atoms with Gasteiger partial charge in [-0.15, -0.1) is 0 Å². The number of hydrogen-bond donors (Lipinski definition) is 0. The highest BCUT2D eigenvalue weighted by Gasteiger charge is 2.59. The molecule has 1 aromatic carbocycles. The maximum absolute atomic E-state index is 13.7. The molecule has 6 nitrogen and oxygen atoms in total. The van der Waals surface area contributed by atoms with Gasteiger partial charge in [0.15, 0.2) is 0 Å². The number of halogens is 2. The van der Waals surface area contributed by atoms with Crippen molar-refractivity contribution in [2.24, 2.45) is 22.4 Å². The molecule has 3 fully saturated rings. The Kier molecular flexibility index (Phi) is 4.02. The molecule has 1 amide bonds. The van der Waals surface area contributed by atoms with E-state index in [4.69, 9.17) is 0 Å². The molecule has 3 aliphatic carbocycles. The molecule has 1 aromatic heterocycles. The summed E-state index contributed by atoms with van der Waals surface area (Å²) in [5, 5.41) is 14.8. The topological polar surface area (TPSA) is 74.3 Å². The number of rotatable bonds is 4. The molecule has 0 spiro atoms. The van der Waals surface area contributed by atoms with Gasteiger partial charge in [0, 0.05) is 31.2 Å². The fourth-order valence-corrected chi connectivity index (χ4v) is 5.36. The van der Waals surface area contributed by atoms with Crippen molar-refractivity contribution < 1.29 is 13.6 Å². The van der Waals surface area contributed by atoms with Crippen LogP contribution in [-0.4, -0.2) is 26.7 Å². The lowest BCUT2D eigenvalue weighted by Crippen LogP contribution is -2.35. The fraction of sp³-hybridized carbons (Fsp3) is 0.429. The van der Waals surface area contributed by atoms with Crippen molar-refractivity contribution in [3.05, 3.63) is 53.6 Å². The first-order valence-corrected chi connectivity index (χ1v) is 9.70. The minimum absolute atomic E-state index is 0.00118. The number of fused-ring (bicyclic) bond motifs is 1. The Bertz CT molecular complexity index is 1030. The highest BCUT2D eigenvalue weighted by molar-refractivity contribution is 5.83. The van der Waals surface area contributed by atoms with Crippen LogP contribution in [0.2, 0.25) is 0 Å². The lowest BCUT2D eigenvalue weighted by molar-refractivity contribution is -0.138. The molecule has 1 aliphatic heterocycles. The minimum Gasteiger partial charge on any atom is -0.322 e. The SMILES string of the molecule is N#Cc1cncn1CC12CC(C1)[C@@H](C(=O)N1N=CCC1c1cc(F)cc(F)c1)C2. The summed E-state index contributed by atoms with van der Waals surface area (Å²) in [6.45, 7) is 0.679. The van der Waals surface area contributed by atoms with Gasteiger partial charge in [0.2, 0.25) is 5.91 Å². The molecule has 6 rings (SSSR count). The summed E-state index contributed by atoms with van der Waals surface area (Å²) in [5.74, 6) is -1.26. The molecule has 4 aliphatic rings. The zero-order valence-electron chi connectivity index (χ0n) is 15.6. The first-order valence-electron chi connectivity index (χ1n) is 9.70. The smallest absolute Gasteiger partial charge is 0.246 e. The number of carbonyl (C=O) groups is 1. The second-order valence-electron chi connectivity index (χ2n) is 8.43. The van der Waals surface area contributed by atoms with Crippen LogP contribution in [0.3, 0.4) is 0 Å². The van der Waals surface area contributed by atoms with Gasteiger partial charge in [-0.2, -0.15) is 10.4 Å². The molecule has 0 radical (unpaired) electrons. The lowest BCUT2D eigenvalue weighted by Gasteiger charge is -2.39. The summed E-state index contributed by atoms with van der Waals surface area (Å²) in [6.07, 6.45) is 7.88. The van der Waals surface area contributed by atoms with E-state index in [-0.39, 0.29) is 23.2 Å². The number of aromatic nitrogens is 2. The Hall–Kier alpha value is -3.08. The first-order chi connectivity index (χ1) is 14.0. The Morgan fingerprint density at radius 1 is 1.24 bits per heavy atom. The number of nitriles is 1. The number of hydrazone groups is 1. The van der Waals surface area contributed by atoms with Crippen LogP contribution in [-0.2, 0) is 11.3 Å². The quantitative estimate of drug-likeness (QED) is 0.796. The van der Waals surface area contributed by atoms with Crippen molar-refractivity contribution >= 4 is 12.1 Å². The number of amides is 1. The molecule has 29 heavy (non-hydrogen) atoms. The van der Waals surface area contributed by atoms with Crippen LogP contribution < -0.4 is 0 Å². The molecule has 1 unspecified atom stereocenters. The van der Waals surface area contributed by atoms with Crippen molar-refractivity contribution in [2.45, 2.75) is 38.3 Å². The summed E-state index contributed by atoms with van der Waals surface area (Å²) < 4.78 is 29.2. The summed E-state index contributed by atoms with van der Waals surface area (Å²) in [4.78, 5) is 17.3. The molecule has 8 heteroatoms. The van der Waals surface area contributed by atoms with Gasteiger partial charge >= 0.3 is 0 Å². The molecule has 3 saturated carbocycles. The van der Waals surface area contributed by atoms with Crippen LogP contribution >= 0.6 is 0 Å². The van der Waals surface area contributed by atoms with Crippen LogP contribution in [0.15, 0.2) is 35.8 Å². The number of imidazole rings is 1. The molecular weight excluding hydrogens is 376 g/mol. The third kappa shape index (κ3) is 2.92. The lowest BCUT2D eigenvalue weighted by atomic mass is 9.69. The molecule has 0 saturated heterocycles. The number of carbonyl (C=O) groups excluding carboxylic acids is 1. The van der Waals surface area contributed by atoms with Crippen molar-refractivity contribution in [1.82, 2.24) is 14.6 Å². The van der Waals surface area contributed by atoms with Crippen LogP contribution in [0.1, 0.15) is 43.0 Å². The number of benzene rings is 1. The van der Waals surface area contributed by atoms with Gasteiger partial charge in [-0.25, -0.2) is 18.8 Å². The van der Waals surface area contributed by atoms with Gasteiger partial charge in [-0.1, -0.05) is 0 Å². The second kappa shape index (κ2) is 6.48. The largest absolute Gasteiger partial charge is 0.322 e. The van der Waals surface area contributed by atoms with E-state index in [1.54, 1.807) is 18.7 Å². The predicted octanol–water partition coefficient (Wildman–Crippen LogP) is 3.41. The number of hydrogen-bond acceptors (Lipinski definition) is 4. The molecule has 0 N–H and O–H groups in total. The number of nitrogens with zero attached hydrogens (tertiary/aromatic N) is 5. The summed E-state index contributed by atoms with van der Waals surface area (Å²) in [6, 6.07) is 5.02. The van der Waals surface area contributed by atoms with Crippen molar-refractivity contribution in [3.63, 3.8) is 0 Å². The van der Waals surface area contributed by atoms with Gasteiger partial charge in [-0.3, -0.25) is 4.79 Å². The Balaban J connectivity index is 1.33. The average Bonchev–Trinajstić information content (AvgIpc) is 3.42. The van der Waals surface area contributed by atoms with Crippen LogP contribution in [0.5, 0.6) is 0 Å². The minimum atomic E-state index is -0.657. The van der Waals surface area contributed by atoms with Gasteiger partial charge < -0.3 is 4.57 Å². The standard InChI is InChI=1S/C21H19F2N5O/c22-15-3-13(4-16(23)5-15)19-1-2-26-28(19)20(29)18-8-21(6-14(18)7-21)11-27-12-25-10-17(27)9-24/h2-5,10,12,14,18-19H,1,6-8,11H2/t14?,18-,19?,21?/m0/s1. The summed E-state index contributed by atoms with van der Waals surface area (Å²) >= 11 is 0. The monoisotopic (exact) mass is 395 g/mol. The van der Waals surface area contributed by atoms with Crippen LogP contribution in [0.4, 0.5) is 8.78 Å². The zero-order valence-corrected chi connectivity index (χ0v) is 15.6. The fourth-order valence-electron chi connectivity index (χ4n) is 5.36. The molecule has 2 bridgehead atoms.